The van der Waals surface area contributed by atoms with E-state index in [1.54, 1.807) is 53.5 Å². The lowest BCUT2D eigenvalue weighted by atomic mass is 9.98. The minimum absolute atomic E-state index is 0.116. The van der Waals surface area contributed by atoms with Gasteiger partial charge in [-0.2, -0.15) is 10.1 Å². The number of nitrogens with zero attached hydrogens (tertiary/aromatic N) is 6. The Bertz CT molecular complexity index is 1550. The van der Waals surface area contributed by atoms with Crippen molar-refractivity contribution < 1.29 is 13.7 Å². The molecule has 5 aromatic rings. The van der Waals surface area contributed by atoms with Gasteiger partial charge in [0.15, 0.2) is 5.82 Å². The van der Waals surface area contributed by atoms with E-state index < -0.39 is 5.82 Å². The van der Waals surface area contributed by atoms with Crippen LogP contribution in [0.4, 0.5) is 4.39 Å². The molecular weight excluding hydrogens is 461 g/mol. The van der Waals surface area contributed by atoms with Gasteiger partial charge in [-0.1, -0.05) is 28.9 Å². The molecule has 4 aromatic heterocycles. The van der Waals surface area contributed by atoms with Crippen LogP contribution >= 0.6 is 11.6 Å². The molecule has 34 heavy (non-hydrogen) atoms. The summed E-state index contributed by atoms with van der Waals surface area (Å²) in [6, 6.07) is 8.00. The molecule has 1 amide bonds. The van der Waals surface area contributed by atoms with Gasteiger partial charge >= 0.3 is 0 Å². The molecule has 1 aromatic carbocycles. The van der Waals surface area contributed by atoms with E-state index in [1.807, 2.05) is 13.1 Å². The molecule has 0 aliphatic rings. The number of nitrogens with one attached hydrogen (secondary N) is 1. The lowest BCUT2D eigenvalue weighted by molar-refractivity contribution is 0.0949. The fourth-order valence-electron chi connectivity index (χ4n) is 3.84. The van der Waals surface area contributed by atoms with Crippen LogP contribution in [0.2, 0.25) is 5.15 Å². The number of rotatable bonds is 5. The summed E-state index contributed by atoms with van der Waals surface area (Å²) in [5.74, 6) is -0.0160. The van der Waals surface area contributed by atoms with Crippen molar-refractivity contribution in [3.63, 3.8) is 0 Å². The standard InChI is InChI=1S/C23H19ClFN7O2/c1-12-16(11-31(3)29-12)15-5-4-6-17(25)20(15)21-22(24)32-8-7-14(9-19(32)28-21)23(33)26-10-18-27-13(2)34-30-18/h4-9,11H,10H2,1-3H3,(H,26,33). The van der Waals surface area contributed by atoms with Crippen LogP contribution in [0.5, 0.6) is 0 Å². The Labute approximate surface area is 198 Å². The Morgan fingerprint density at radius 3 is 2.74 bits per heavy atom. The maximum atomic E-state index is 15.1. The largest absolute Gasteiger partial charge is 0.345 e. The Morgan fingerprint density at radius 1 is 1.21 bits per heavy atom. The molecule has 0 saturated heterocycles. The molecule has 0 aliphatic heterocycles. The van der Waals surface area contributed by atoms with Gasteiger partial charge in [-0.3, -0.25) is 13.9 Å². The van der Waals surface area contributed by atoms with Crippen molar-refractivity contribution in [3.8, 4) is 22.4 Å². The number of aromatic nitrogens is 6. The Hall–Kier alpha value is -4.05. The molecular formula is C23H19ClFN7O2. The van der Waals surface area contributed by atoms with Gasteiger partial charge in [0.25, 0.3) is 5.91 Å². The zero-order valence-corrected chi connectivity index (χ0v) is 19.3. The number of carbonyl (C=O) groups is 1. The highest BCUT2D eigenvalue weighted by molar-refractivity contribution is 6.32. The van der Waals surface area contributed by atoms with Gasteiger partial charge in [0.2, 0.25) is 5.89 Å². The molecule has 0 atom stereocenters. The molecule has 9 nitrogen and oxygen atoms in total. The van der Waals surface area contributed by atoms with Crippen LogP contribution in [0.15, 0.2) is 47.2 Å². The maximum Gasteiger partial charge on any atom is 0.251 e. The summed E-state index contributed by atoms with van der Waals surface area (Å²) in [4.78, 5) is 21.3. The number of fused-ring (bicyclic) bond motifs is 1. The number of amides is 1. The Balaban J connectivity index is 1.53. The van der Waals surface area contributed by atoms with Gasteiger partial charge in [-0.25, -0.2) is 9.37 Å². The molecule has 0 aliphatic carbocycles. The first-order valence-corrected chi connectivity index (χ1v) is 10.7. The summed E-state index contributed by atoms with van der Waals surface area (Å²) < 4.78 is 23.3. The highest BCUT2D eigenvalue weighted by atomic mass is 35.5. The molecule has 1 N–H and O–H groups in total. The SMILES string of the molecule is Cc1nc(CNC(=O)c2ccn3c(Cl)c(-c4c(F)cccc4-c4cn(C)nc4C)nc3c2)no1. The summed E-state index contributed by atoms with van der Waals surface area (Å²) in [5, 5.41) is 11.1. The van der Waals surface area contributed by atoms with Gasteiger partial charge in [-0.05, 0) is 30.7 Å². The summed E-state index contributed by atoms with van der Waals surface area (Å²) in [6.45, 7) is 3.64. The minimum atomic E-state index is -0.459. The third kappa shape index (κ3) is 3.81. The third-order valence-electron chi connectivity index (χ3n) is 5.36. The number of imidazole rings is 1. The van der Waals surface area contributed by atoms with Crippen LogP contribution in [0.1, 0.15) is 27.8 Å². The van der Waals surface area contributed by atoms with Gasteiger partial charge in [0.05, 0.1) is 12.2 Å². The highest BCUT2D eigenvalue weighted by Gasteiger charge is 2.22. The molecule has 0 fully saturated rings. The zero-order valence-electron chi connectivity index (χ0n) is 18.5. The van der Waals surface area contributed by atoms with Crippen molar-refractivity contribution in [2.45, 2.75) is 20.4 Å². The maximum absolute atomic E-state index is 15.1. The number of hydrogen-bond donors (Lipinski definition) is 1. The number of benzene rings is 1. The van der Waals surface area contributed by atoms with E-state index in [0.717, 1.165) is 11.3 Å². The predicted molar refractivity (Wildman–Crippen MR) is 123 cm³/mol. The molecule has 0 radical (unpaired) electrons. The van der Waals surface area contributed by atoms with Crippen LogP contribution in [-0.4, -0.2) is 35.2 Å². The average Bonchev–Trinajstić information content (AvgIpc) is 3.48. The lowest BCUT2D eigenvalue weighted by Gasteiger charge is -2.08. The second kappa shape index (κ2) is 8.38. The topological polar surface area (TPSA) is 103 Å². The fraction of sp³-hybridized carbons (Fsp3) is 0.174. The van der Waals surface area contributed by atoms with E-state index in [1.165, 1.54) is 6.07 Å². The quantitative estimate of drug-likeness (QED) is 0.406. The number of halogens is 2. The second-order valence-corrected chi connectivity index (χ2v) is 8.13. The van der Waals surface area contributed by atoms with Gasteiger partial charge in [0.1, 0.15) is 22.3 Å². The first kappa shape index (κ1) is 21.8. The third-order valence-corrected chi connectivity index (χ3v) is 5.72. The Kier molecular flexibility index (Phi) is 5.37. The highest BCUT2D eigenvalue weighted by Crippen LogP contribution is 2.38. The normalized spacial score (nSPS) is 11.3. The van der Waals surface area contributed by atoms with Gasteiger partial charge in [-0.15, -0.1) is 0 Å². The van der Waals surface area contributed by atoms with E-state index >= 15 is 4.39 Å². The van der Waals surface area contributed by atoms with E-state index in [0.29, 0.717) is 28.5 Å². The summed E-state index contributed by atoms with van der Waals surface area (Å²) in [5.41, 5.74) is 3.47. The lowest BCUT2D eigenvalue weighted by Crippen LogP contribution is -2.23. The first-order chi connectivity index (χ1) is 16.3. The monoisotopic (exact) mass is 479 g/mol. The molecule has 0 bridgehead atoms. The molecule has 172 valence electrons. The van der Waals surface area contributed by atoms with Crippen molar-refractivity contribution in [2.75, 3.05) is 0 Å². The second-order valence-electron chi connectivity index (χ2n) is 7.77. The van der Waals surface area contributed by atoms with Crippen molar-refractivity contribution in [1.82, 2.24) is 34.6 Å². The first-order valence-electron chi connectivity index (χ1n) is 10.4. The van der Waals surface area contributed by atoms with Crippen LogP contribution in [-0.2, 0) is 13.6 Å². The number of aryl methyl sites for hydroxylation is 3. The van der Waals surface area contributed by atoms with E-state index in [2.05, 4.69) is 25.5 Å². The summed E-state index contributed by atoms with van der Waals surface area (Å²) in [6.07, 6.45) is 3.45. The Morgan fingerprint density at radius 2 is 2.03 bits per heavy atom. The molecule has 0 saturated carbocycles. The van der Waals surface area contributed by atoms with Crippen molar-refractivity contribution in [3.05, 3.63) is 76.7 Å². The molecule has 5 rings (SSSR count). The fourth-order valence-corrected chi connectivity index (χ4v) is 4.12. The summed E-state index contributed by atoms with van der Waals surface area (Å²) >= 11 is 6.63. The smallest absolute Gasteiger partial charge is 0.251 e. The van der Waals surface area contributed by atoms with Crippen LogP contribution in [0, 0.1) is 19.7 Å². The zero-order chi connectivity index (χ0) is 24.0. The number of hydrogen-bond acceptors (Lipinski definition) is 6. The number of pyridine rings is 1. The number of carbonyl (C=O) groups excluding carboxylic acids is 1. The predicted octanol–water partition coefficient (Wildman–Crippen LogP) is 4.12. The van der Waals surface area contributed by atoms with Crippen LogP contribution < -0.4 is 5.32 Å². The minimum Gasteiger partial charge on any atom is -0.345 e. The summed E-state index contributed by atoms with van der Waals surface area (Å²) in [7, 11) is 1.81. The van der Waals surface area contributed by atoms with E-state index in [-0.39, 0.29) is 28.9 Å². The molecule has 0 spiro atoms. The van der Waals surface area contributed by atoms with E-state index in [9.17, 15) is 4.79 Å². The molecule has 0 unspecified atom stereocenters. The van der Waals surface area contributed by atoms with Crippen molar-refractivity contribution in [1.29, 1.82) is 0 Å². The molecule has 11 heteroatoms. The van der Waals surface area contributed by atoms with E-state index in [4.69, 9.17) is 16.1 Å². The van der Waals surface area contributed by atoms with Crippen LogP contribution in [0.25, 0.3) is 28.0 Å². The van der Waals surface area contributed by atoms with Gasteiger partial charge < -0.3 is 9.84 Å². The van der Waals surface area contributed by atoms with Crippen LogP contribution in [0.3, 0.4) is 0 Å². The average molecular weight is 480 g/mol. The van der Waals surface area contributed by atoms with Crippen molar-refractivity contribution >= 4 is 23.2 Å². The molecule has 4 heterocycles. The van der Waals surface area contributed by atoms with Gasteiger partial charge in [0, 0.05) is 43.1 Å². The van der Waals surface area contributed by atoms with Crippen molar-refractivity contribution in [2.24, 2.45) is 7.05 Å².